The Morgan fingerprint density at radius 2 is 1.95 bits per heavy atom. The van der Waals surface area contributed by atoms with E-state index in [-0.39, 0.29) is 17.3 Å². The van der Waals surface area contributed by atoms with Crippen LogP contribution in [-0.2, 0) is 6.54 Å². The molecule has 3 aromatic heterocycles. The second-order valence-electron chi connectivity index (χ2n) is 7.87. The van der Waals surface area contributed by atoms with Gasteiger partial charge in [-0.15, -0.1) is 5.10 Å². The maximum atomic E-state index is 12.9. The van der Waals surface area contributed by atoms with E-state index in [9.17, 15) is 4.79 Å². The van der Waals surface area contributed by atoms with Crippen molar-refractivity contribution < 1.29 is 9.42 Å². The van der Waals surface area contributed by atoms with Crippen molar-refractivity contribution in [1.82, 2.24) is 40.5 Å². The van der Waals surface area contributed by atoms with Crippen molar-refractivity contribution in [2.75, 3.05) is 5.73 Å². The summed E-state index contributed by atoms with van der Waals surface area (Å²) in [6.07, 6.45) is 3.36. The maximum Gasteiger partial charge on any atom is 0.292 e. The summed E-state index contributed by atoms with van der Waals surface area (Å²) in [6.45, 7) is 2.17. The van der Waals surface area contributed by atoms with Crippen molar-refractivity contribution in [1.29, 1.82) is 0 Å². The highest BCUT2D eigenvalue weighted by Crippen LogP contribution is 2.24. The number of halogens is 2. The van der Waals surface area contributed by atoms with Gasteiger partial charge in [0.1, 0.15) is 5.69 Å². The van der Waals surface area contributed by atoms with E-state index in [2.05, 4.69) is 51.7 Å². The van der Waals surface area contributed by atoms with E-state index >= 15 is 0 Å². The van der Waals surface area contributed by atoms with E-state index in [0.29, 0.717) is 28.5 Å². The van der Waals surface area contributed by atoms with Gasteiger partial charge in [-0.1, -0.05) is 57.0 Å². The fourth-order valence-electron chi connectivity index (χ4n) is 3.54. The second kappa shape index (κ2) is 10.3. The first-order valence-electron chi connectivity index (χ1n) is 10.8. The van der Waals surface area contributed by atoms with Crippen LogP contribution in [0.1, 0.15) is 27.3 Å². The van der Waals surface area contributed by atoms with Gasteiger partial charge < -0.3 is 5.73 Å². The Morgan fingerprint density at radius 1 is 1.19 bits per heavy atom. The number of benzene rings is 2. The molecule has 0 radical (unpaired) electrons. The second-order valence-corrected chi connectivity index (χ2v) is 9.22. The molecule has 0 saturated heterocycles. The average molecular weight is 582 g/mol. The SMILES string of the molecule is Cc1nnn(-c2nonc2N)c1C(=O)NN=Cc1cn(Cc2ccc(Br)cc2)nc1-c1ccc(Cl)cc1. The van der Waals surface area contributed by atoms with Crippen LogP contribution in [0.2, 0.25) is 5.02 Å². The number of nitrogen functional groups attached to an aromatic ring is 1. The molecule has 2 aromatic carbocycles. The molecule has 37 heavy (non-hydrogen) atoms. The van der Waals surface area contributed by atoms with Crippen molar-refractivity contribution in [2.45, 2.75) is 13.5 Å². The molecule has 0 aliphatic heterocycles. The van der Waals surface area contributed by atoms with Gasteiger partial charge in [-0.2, -0.15) is 14.9 Å². The van der Waals surface area contributed by atoms with Crippen LogP contribution in [0.25, 0.3) is 17.1 Å². The molecule has 0 saturated carbocycles. The predicted octanol–water partition coefficient (Wildman–Crippen LogP) is 3.63. The molecule has 5 rings (SSSR count). The number of anilines is 1. The Bertz CT molecular complexity index is 1590. The molecule has 0 bridgehead atoms. The normalized spacial score (nSPS) is 11.3. The Labute approximate surface area is 223 Å². The molecule has 0 atom stereocenters. The van der Waals surface area contributed by atoms with Gasteiger partial charge in [0.15, 0.2) is 5.69 Å². The van der Waals surface area contributed by atoms with Crippen LogP contribution in [-0.4, -0.2) is 47.2 Å². The Morgan fingerprint density at radius 3 is 2.65 bits per heavy atom. The number of amides is 1. The lowest BCUT2D eigenvalue weighted by Gasteiger charge is -2.03. The van der Waals surface area contributed by atoms with E-state index in [1.165, 1.54) is 6.21 Å². The molecule has 3 N–H and O–H groups in total. The van der Waals surface area contributed by atoms with Crippen LogP contribution < -0.4 is 11.2 Å². The fraction of sp³-hybridized carbons (Fsp3) is 0.0870. The van der Waals surface area contributed by atoms with Gasteiger partial charge in [-0.3, -0.25) is 9.48 Å². The number of hydrazone groups is 1. The minimum absolute atomic E-state index is 0.0340. The lowest BCUT2D eigenvalue weighted by molar-refractivity contribution is 0.0946. The summed E-state index contributed by atoms with van der Waals surface area (Å²) in [6, 6.07) is 15.3. The zero-order chi connectivity index (χ0) is 25.9. The van der Waals surface area contributed by atoms with Crippen molar-refractivity contribution in [2.24, 2.45) is 5.10 Å². The van der Waals surface area contributed by atoms with E-state index in [1.807, 2.05) is 42.6 Å². The smallest absolute Gasteiger partial charge is 0.292 e. The first-order valence-corrected chi connectivity index (χ1v) is 12.0. The molecule has 5 aromatic rings. The van der Waals surface area contributed by atoms with Crippen molar-refractivity contribution in [3.8, 4) is 17.1 Å². The van der Waals surface area contributed by atoms with Crippen LogP contribution in [0.3, 0.4) is 0 Å². The highest BCUT2D eigenvalue weighted by molar-refractivity contribution is 9.10. The lowest BCUT2D eigenvalue weighted by Crippen LogP contribution is -2.22. The predicted molar refractivity (Wildman–Crippen MR) is 139 cm³/mol. The van der Waals surface area contributed by atoms with E-state index in [0.717, 1.165) is 20.3 Å². The zero-order valence-corrected chi connectivity index (χ0v) is 21.6. The summed E-state index contributed by atoms with van der Waals surface area (Å²) in [5, 5.41) is 24.5. The third-order valence-corrected chi connectivity index (χ3v) is 6.07. The van der Waals surface area contributed by atoms with E-state index in [4.69, 9.17) is 22.4 Å². The highest BCUT2D eigenvalue weighted by atomic mass is 79.9. The van der Waals surface area contributed by atoms with Crippen LogP contribution >= 0.6 is 27.5 Å². The molecular formula is C23H18BrClN10O2. The van der Waals surface area contributed by atoms with Gasteiger partial charge in [0.05, 0.1) is 18.5 Å². The Kier molecular flexibility index (Phi) is 6.79. The highest BCUT2D eigenvalue weighted by Gasteiger charge is 2.23. The van der Waals surface area contributed by atoms with Gasteiger partial charge in [0, 0.05) is 26.8 Å². The number of rotatable bonds is 7. The molecule has 1 amide bonds. The fourth-order valence-corrected chi connectivity index (χ4v) is 3.93. The molecule has 0 spiro atoms. The molecule has 186 valence electrons. The number of hydrogen-bond acceptors (Lipinski definition) is 9. The Hall–Kier alpha value is -4.36. The van der Waals surface area contributed by atoms with Gasteiger partial charge in [0.2, 0.25) is 11.6 Å². The summed E-state index contributed by atoms with van der Waals surface area (Å²) in [5.41, 5.74) is 11.9. The molecule has 3 heterocycles. The van der Waals surface area contributed by atoms with Crippen LogP contribution in [0.5, 0.6) is 0 Å². The number of aromatic nitrogens is 7. The van der Waals surface area contributed by atoms with Crippen molar-refractivity contribution in [3.05, 3.63) is 86.7 Å². The minimum atomic E-state index is -0.573. The molecule has 0 aliphatic rings. The average Bonchev–Trinajstić information content (AvgIpc) is 3.59. The van der Waals surface area contributed by atoms with Gasteiger partial charge >= 0.3 is 0 Å². The number of aryl methyl sites for hydroxylation is 1. The summed E-state index contributed by atoms with van der Waals surface area (Å²) in [5.74, 6) is -0.557. The number of nitrogens with one attached hydrogen (secondary N) is 1. The van der Waals surface area contributed by atoms with Crippen LogP contribution in [0.4, 0.5) is 5.82 Å². The molecule has 0 aliphatic carbocycles. The molecular weight excluding hydrogens is 564 g/mol. The third-order valence-electron chi connectivity index (χ3n) is 5.29. The quantitative estimate of drug-likeness (QED) is 0.218. The minimum Gasteiger partial charge on any atom is -0.378 e. The van der Waals surface area contributed by atoms with Gasteiger partial charge in [-0.25, -0.2) is 10.1 Å². The van der Waals surface area contributed by atoms with Gasteiger partial charge in [-0.05, 0) is 47.1 Å². The molecule has 0 unspecified atom stereocenters. The number of carbonyl (C=O) groups is 1. The topological polar surface area (TPSA) is 155 Å². The van der Waals surface area contributed by atoms with Gasteiger partial charge in [0.25, 0.3) is 5.91 Å². The largest absolute Gasteiger partial charge is 0.378 e. The first-order chi connectivity index (χ1) is 17.9. The third kappa shape index (κ3) is 5.27. The van der Waals surface area contributed by atoms with E-state index < -0.39 is 5.91 Å². The summed E-state index contributed by atoms with van der Waals surface area (Å²) < 4.78 is 8.54. The van der Waals surface area contributed by atoms with Crippen molar-refractivity contribution in [3.63, 3.8) is 0 Å². The number of nitrogens with zero attached hydrogens (tertiary/aromatic N) is 8. The van der Waals surface area contributed by atoms with Crippen LogP contribution in [0.15, 0.2) is 68.9 Å². The lowest BCUT2D eigenvalue weighted by atomic mass is 10.1. The molecule has 14 heteroatoms. The standard InChI is InChI=1S/C23H18BrClN10O2/c1-13-20(35(33-28-13)22-21(26)31-37-32-22)23(36)29-27-10-16-12-34(11-14-2-6-17(24)7-3-14)30-19(16)15-4-8-18(25)9-5-15/h2-10,12H,11H2,1H3,(H2,26,31)(H,29,36). The summed E-state index contributed by atoms with van der Waals surface area (Å²) in [7, 11) is 0. The molecule has 12 nitrogen and oxygen atoms in total. The number of hydrogen-bond donors (Lipinski definition) is 2. The first kappa shape index (κ1) is 24.3. The number of carbonyl (C=O) groups excluding carboxylic acids is 1. The summed E-state index contributed by atoms with van der Waals surface area (Å²) in [4.78, 5) is 12.9. The molecule has 0 fully saturated rings. The van der Waals surface area contributed by atoms with Crippen LogP contribution in [0, 0.1) is 6.92 Å². The van der Waals surface area contributed by atoms with Crippen molar-refractivity contribution >= 4 is 45.5 Å². The maximum absolute atomic E-state index is 12.9. The van der Waals surface area contributed by atoms with E-state index in [1.54, 1.807) is 23.7 Å². The summed E-state index contributed by atoms with van der Waals surface area (Å²) >= 11 is 9.52. The zero-order valence-electron chi connectivity index (χ0n) is 19.2. The number of nitrogens with two attached hydrogens (primary N) is 1. The monoisotopic (exact) mass is 580 g/mol. The Balaban J connectivity index is 1.41.